The molecule has 0 heterocycles. The summed E-state index contributed by atoms with van der Waals surface area (Å²) in [4.78, 5) is 12.4. The predicted molar refractivity (Wildman–Crippen MR) is 91.5 cm³/mol. The van der Waals surface area contributed by atoms with Gasteiger partial charge in [-0.05, 0) is 42.9 Å². The fraction of sp³-hybridized carbons (Fsp3) is 0.650. The van der Waals surface area contributed by atoms with Crippen molar-refractivity contribution in [2.45, 2.75) is 71.1 Å². The summed E-state index contributed by atoms with van der Waals surface area (Å²) in [5.41, 5.74) is 1.17. The second-order valence-corrected chi connectivity index (χ2v) is 6.58. The van der Waals surface area contributed by atoms with Crippen molar-refractivity contribution in [2.24, 2.45) is 5.92 Å². The van der Waals surface area contributed by atoms with Crippen molar-refractivity contribution in [3.05, 3.63) is 29.8 Å². The lowest BCUT2D eigenvalue weighted by Crippen LogP contribution is -2.23. The Morgan fingerprint density at radius 1 is 1.05 bits per heavy atom. The first-order valence-electron chi connectivity index (χ1n) is 9.00. The molecule has 122 valence electrons. The average molecular weight is 302 g/mol. The first-order chi connectivity index (χ1) is 10.7. The van der Waals surface area contributed by atoms with E-state index in [0.717, 1.165) is 31.6 Å². The minimum Gasteiger partial charge on any atom is -0.494 e. The molecule has 1 aromatic rings. The molecule has 2 heteroatoms. The Morgan fingerprint density at radius 3 is 2.45 bits per heavy atom. The van der Waals surface area contributed by atoms with Gasteiger partial charge in [0.05, 0.1) is 6.61 Å². The van der Waals surface area contributed by atoms with E-state index in [2.05, 4.69) is 26.0 Å². The highest BCUT2D eigenvalue weighted by Gasteiger charge is 2.29. The summed E-state index contributed by atoms with van der Waals surface area (Å²) in [6.45, 7) is 5.19. The van der Waals surface area contributed by atoms with E-state index in [4.69, 9.17) is 4.74 Å². The summed E-state index contributed by atoms with van der Waals surface area (Å²) in [6, 6.07) is 8.20. The Morgan fingerprint density at radius 2 is 1.82 bits per heavy atom. The van der Waals surface area contributed by atoms with E-state index < -0.39 is 0 Å². The van der Waals surface area contributed by atoms with Crippen LogP contribution in [0.5, 0.6) is 5.75 Å². The quantitative estimate of drug-likeness (QED) is 0.592. The van der Waals surface area contributed by atoms with Crippen molar-refractivity contribution < 1.29 is 9.53 Å². The van der Waals surface area contributed by atoms with Crippen molar-refractivity contribution >= 4 is 5.78 Å². The lowest BCUT2D eigenvalue weighted by atomic mass is 9.76. The molecule has 2 atom stereocenters. The number of carbonyl (C=O) groups excluding carboxylic acids is 1. The van der Waals surface area contributed by atoms with Gasteiger partial charge >= 0.3 is 0 Å². The lowest BCUT2D eigenvalue weighted by Gasteiger charge is -2.27. The van der Waals surface area contributed by atoms with Crippen molar-refractivity contribution in [3.63, 3.8) is 0 Å². The first kappa shape index (κ1) is 17.1. The van der Waals surface area contributed by atoms with Crippen molar-refractivity contribution in [2.75, 3.05) is 6.61 Å². The summed E-state index contributed by atoms with van der Waals surface area (Å²) in [5, 5.41) is 0. The average Bonchev–Trinajstić information content (AvgIpc) is 2.53. The van der Waals surface area contributed by atoms with Gasteiger partial charge in [-0.3, -0.25) is 4.79 Å². The Kier molecular flexibility index (Phi) is 6.95. The van der Waals surface area contributed by atoms with Gasteiger partial charge in [-0.15, -0.1) is 0 Å². The van der Waals surface area contributed by atoms with Gasteiger partial charge in [0.25, 0.3) is 0 Å². The van der Waals surface area contributed by atoms with Crippen LogP contribution in [-0.2, 0) is 4.79 Å². The van der Waals surface area contributed by atoms with Gasteiger partial charge in [-0.25, -0.2) is 0 Å². The number of hydrogen-bond acceptors (Lipinski definition) is 2. The zero-order valence-electron chi connectivity index (χ0n) is 14.1. The number of ketones is 1. The third kappa shape index (κ3) is 4.86. The zero-order chi connectivity index (χ0) is 15.8. The second kappa shape index (κ2) is 8.97. The summed E-state index contributed by atoms with van der Waals surface area (Å²) in [6.07, 6.45) is 8.90. The van der Waals surface area contributed by atoms with Gasteiger partial charge in [0.2, 0.25) is 0 Å². The molecule has 0 aliphatic heterocycles. The van der Waals surface area contributed by atoms with E-state index >= 15 is 0 Å². The van der Waals surface area contributed by atoms with E-state index in [-0.39, 0.29) is 5.92 Å². The van der Waals surface area contributed by atoms with Gasteiger partial charge in [-0.1, -0.05) is 51.7 Å². The minimum absolute atomic E-state index is 0.113. The van der Waals surface area contributed by atoms with Crippen LogP contribution in [0.1, 0.15) is 76.7 Å². The van der Waals surface area contributed by atoms with E-state index in [0.29, 0.717) is 11.7 Å². The van der Waals surface area contributed by atoms with Crippen LogP contribution in [0.25, 0.3) is 0 Å². The molecule has 2 nitrogen and oxygen atoms in total. The Balaban J connectivity index is 1.86. The van der Waals surface area contributed by atoms with Crippen LogP contribution in [0.15, 0.2) is 24.3 Å². The largest absolute Gasteiger partial charge is 0.494 e. The molecular formula is C20H30O2. The van der Waals surface area contributed by atoms with E-state index in [1.165, 1.54) is 37.7 Å². The fourth-order valence-electron chi connectivity index (χ4n) is 3.44. The second-order valence-electron chi connectivity index (χ2n) is 6.58. The summed E-state index contributed by atoms with van der Waals surface area (Å²) in [5.74, 6) is 2.09. The van der Waals surface area contributed by atoms with Gasteiger partial charge in [0.15, 0.2) is 0 Å². The number of Topliss-reactive ketones (excluding diaryl/α,β-unsaturated/α-hetero) is 1. The van der Waals surface area contributed by atoms with Gasteiger partial charge in [-0.2, -0.15) is 0 Å². The van der Waals surface area contributed by atoms with Crippen LogP contribution < -0.4 is 4.74 Å². The van der Waals surface area contributed by atoms with Gasteiger partial charge < -0.3 is 4.74 Å². The maximum Gasteiger partial charge on any atom is 0.140 e. The highest BCUT2D eigenvalue weighted by atomic mass is 16.5. The summed E-state index contributed by atoms with van der Waals surface area (Å²) < 4.78 is 5.74. The molecule has 2 rings (SSSR count). The molecule has 1 aliphatic carbocycles. The third-order valence-corrected chi connectivity index (χ3v) is 4.74. The first-order valence-corrected chi connectivity index (χ1v) is 9.00. The lowest BCUT2D eigenvalue weighted by molar-refractivity contribution is -0.123. The van der Waals surface area contributed by atoms with E-state index in [9.17, 15) is 4.79 Å². The fourth-order valence-corrected chi connectivity index (χ4v) is 3.44. The Labute approximate surface area is 135 Å². The molecule has 1 saturated carbocycles. The molecule has 1 aliphatic rings. The number of carbonyl (C=O) groups is 1. The molecule has 0 spiro atoms. The van der Waals surface area contributed by atoms with Crippen molar-refractivity contribution in [1.29, 1.82) is 0 Å². The molecule has 2 unspecified atom stereocenters. The third-order valence-electron chi connectivity index (χ3n) is 4.74. The molecular weight excluding hydrogens is 272 g/mol. The predicted octanol–water partition coefficient (Wildman–Crippen LogP) is 5.51. The minimum atomic E-state index is 0.113. The van der Waals surface area contributed by atoms with Crippen molar-refractivity contribution in [3.8, 4) is 5.75 Å². The normalized spacial score (nSPS) is 21.8. The smallest absolute Gasteiger partial charge is 0.140 e. The van der Waals surface area contributed by atoms with Crippen molar-refractivity contribution in [1.82, 2.24) is 0 Å². The molecule has 1 aromatic carbocycles. The standard InChI is InChI=1S/C20H30O2/c1-3-5-6-14-22-18-11-9-17(10-12-18)19-13-8-16(7-4-2)15-20(19)21/h9-12,16,19H,3-8,13-15H2,1-2H3. The molecule has 0 amide bonds. The van der Waals surface area contributed by atoms with E-state index in [1.54, 1.807) is 0 Å². The van der Waals surface area contributed by atoms with Gasteiger partial charge in [0, 0.05) is 12.3 Å². The van der Waals surface area contributed by atoms with Crippen LogP contribution in [0, 0.1) is 5.92 Å². The topological polar surface area (TPSA) is 26.3 Å². The molecule has 0 aromatic heterocycles. The number of rotatable bonds is 8. The molecule has 1 fully saturated rings. The highest BCUT2D eigenvalue weighted by Crippen LogP contribution is 2.35. The Bertz CT molecular complexity index is 449. The maximum atomic E-state index is 12.4. The number of hydrogen-bond donors (Lipinski definition) is 0. The Hall–Kier alpha value is -1.31. The maximum absolute atomic E-state index is 12.4. The zero-order valence-corrected chi connectivity index (χ0v) is 14.1. The summed E-state index contributed by atoms with van der Waals surface area (Å²) >= 11 is 0. The monoisotopic (exact) mass is 302 g/mol. The highest BCUT2D eigenvalue weighted by molar-refractivity contribution is 5.86. The van der Waals surface area contributed by atoms with Gasteiger partial charge in [0.1, 0.15) is 11.5 Å². The molecule has 0 radical (unpaired) electrons. The SMILES string of the molecule is CCCCCOc1ccc(C2CCC(CCC)CC2=O)cc1. The molecule has 0 bridgehead atoms. The van der Waals surface area contributed by atoms with E-state index in [1.807, 2.05) is 12.1 Å². The van der Waals surface area contributed by atoms with Crippen LogP contribution in [0.2, 0.25) is 0 Å². The number of ether oxygens (including phenoxy) is 1. The van der Waals surface area contributed by atoms with Crippen LogP contribution in [0.4, 0.5) is 0 Å². The van der Waals surface area contributed by atoms with Crippen LogP contribution >= 0.6 is 0 Å². The number of unbranched alkanes of at least 4 members (excludes halogenated alkanes) is 2. The van der Waals surface area contributed by atoms with Crippen LogP contribution in [-0.4, -0.2) is 12.4 Å². The summed E-state index contributed by atoms with van der Waals surface area (Å²) in [7, 11) is 0. The number of benzene rings is 1. The molecule has 22 heavy (non-hydrogen) atoms. The molecule has 0 N–H and O–H groups in total. The molecule has 0 saturated heterocycles. The van der Waals surface area contributed by atoms with Crippen LogP contribution in [0.3, 0.4) is 0 Å².